The Hall–Kier alpha value is -1.39. The number of likely N-dealkylation sites (tertiary alicyclic amines) is 1. The minimum atomic E-state index is 0.608. The van der Waals surface area contributed by atoms with E-state index in [2.05, 4.69) is 39.5 Å². The van der Waals surface area contributed by atoms with E-state index in [4.69, 9.17) is 4.98 Å². The van der Waals surface area contributed by atoms with E-state index in [0.717, 1.165) is 11.4 Å². The fourth-order valence-electron chi connectivity index (χ4n) is 3.98. The summed E-state index contributed by atoms with van der Waals surface area (Å²) in [5, 5.41) is 3.46. The topological polar surface area (TPSA) is 44.0 Å². The molecule has 4 rings (SSSR count). The predicted octanol–water partition coefficient (Wildman–Crippen LogP) is 2.74. The number of hydrogen-bond donors (Lipinski definition) is 2. The third kappa shape index (κ3) is 3.03. The van der Waals surface area contributed by atoms with Crippen LogP contribution < -0.4 is 5.32 Å². The van der Waals surface area contributed by atoms with Gasteiger partial charge in [-0.1, -0.05) is 12.1 Å². The van der Waals surface area contributed by atoms with Gasteiger partial charge in [0.1, 0.15) is 5.82 Å². The number of para-hydroxylation sites is 2. The molecule has 4 heteroatoms. The van der Waals surface area contributed by atoms with Crippen LogP contribution in [0.5, 0.6) is 0 Å². The van der Waals surface area contributed by atoms with Gasteiger partial charge in [-0.25, -0.2) is 4.98 Å². The molecular weight excluding hydrogens is 272 g/mol. The van der Waals surface area contributed by atoms with E-state index in [-0.39, 0.29) is 0 Å². The molecule has 22 heavy (non-hydrogen) atoms. The third-order valence-electron chi connectivity index (χ3n) is 5.36. The second-order valence-corrected chi connectivity index (χ2v) is 6.91. The molecule has 1 aromatic heterocycles. The standard InChI is InChI=1S/C18H26N4/c1-2-4-17-16(3-1)20-18(21-17)15-7-11-22(12-8-15)13-14-5-9-19-10-6-14/h1-4,14-15,19H,5-13H2,(H,20,21). The number of nitrogens with one attached hydrogen (secondary N) is 2. The fraction of sp³-hybridized carbons (Fsp3) is 0.611. The number of hydrogen-bond acceptors (Lipinski definition) is 3. The van der Waals surface area contributed by atoms with Gasteiger partial charge in [0.2, 0.25) is 0 Å². The first-order valence-electron chi connectivity index (χ1n) is 8.76. The summed E-state index contributed by atoms with van der Waals surface area (Å²) in [6.45, 7) is 6.17. The minimum absolute atomic E-state index is 0.608. The number of aromatic amines is 1. The van der Waals surface area contributed by atoms with Gasteiger partial charge in [0, 0.05) is 12.5 Å². The van der Waals surface area contributed by atoms with Crippen molar-refractivity contribution in [1.29, 1.82) is 0 Å². The molecule has 0 atom stereocenters. The van der Waals surface area contributed by atoms with Gasteiger partial charge < -0.3 is 15.2 Å². The molecule has 0 aliphatic carbocycles. The van der Waals surface area contributed by atoms with Crippen LogP contribution in [0.3, 0.4) is 0 Å². The Morgan fingerprint density at radius 1 is 1.05 bits per heavy atom. The van der Waals surface area contributed by atoms with E-state index >= 15 is 0 Å². The Bertz CT molecular complexity index is 573. The summed E-state index contributed by atoms with van der Waals surface area (Å²) in [6.07, 6.45) is 5.18. The number of H-pyrrole nitrogens is 1. The first kappa shape index (κ1) is 14.2. The smallest absolute Gasteiger partial charge is 0.110 e. The molecule has 0 bridgehead atoms. The second-order valence-electron chi connectivity index (χ2n) is 6.91. The van der Waals surface area contributed by atoms with E-state index in [1.807, 2.05) is 0 Å². The molecule has 2 aliphatic rings. The predicted molar refractivity (Wildman–Crippen MR) is 90.1 cm³/mol. The van der Waals surface area contributed by atoms with Crippen LogP contribution in [-0.2, 0) is 0 Å². The number of fused-ring (bicyclic) bond motifs is 1. The number of benzene rings is 1. The summed E-state index contributed by atoms with van der Waals surface area (Å²) in [4.78, 5) is 11.0. The van der Waals surface area contributed by atoms with Gasteiger partial charge in [0.25, 0.3) is 0 Å². The molecular formula is C18H26N4. The number of nitrogens with zero attached hydrogens (tertiary/aromatic N) is 2. The van der Waals surface area contributed by atoms with Crippen molar-refractivity contribution in [2.24, 2.45) is 5.92 Å². The highest BCUT2D eigenvalue weighted by atomic mass is 15.1. The van der Waals surface area contributed by atoms with Gasteiger partial charge in [0.15, 0.2) is 0 Å². The lowest BCUT2D eigenvalue weighted by molar-refractivity contribution is 0.165. The van der Waals surface area contributed by atoms with Crippen molar-refractivity contribution in [1.82, 2.24) is 20.2 Å². The first-order valence-corrected chi connectivity index (χ1v) is 8.76. The minimum Gasteiger partial charge on any atom is -0.342 e. The number of piperidine rings is 2. The fourth-order valence-corrected chi connectivity index (χ4v) is 3.98. The van der Waals surface area contributed by atoms with Gasteiger partial charge in [-0.3, -0.25) is 0 Å². The zero-order valence-corrected chi connectivity index (χ0v) is 13.2. The van der Waals surface area contributed by atoms with E-state index in [1.54, 1.807) is 0 Å². The molecule has 4 nitrogen and oxygen atoms in total. The van der Waals surface area contributed by atoms with Crippen molar-refractivity contribution in [3.05, 3.63) is 30.1 Å². The maximum absolute atomic E-state index is 4.79. The quantitative estimate of drug-likeness (QED) is 0.916. The SMILES string of the molecule is c1ccc2[nH]c(C3CCN(CC4CCNCC4)CC3)nc2c1. The van der Waals surface area contributed by atoms with Gasteiger partial charge in [-0.05, 0) is 69.9 Å². The summed E-state index contributed by atoms with van der Waals surface area (Å²) in [6, 6.07) is 8.36. The highest BCUT2D eigenvalue weighted by Crippen LogP contribution is 2.28. The summed E-state index contributed by atoms with van der Waals surface area (Å²) in [7, 11) is 0. The summed E-state index contributed by atoms with van der Waals surface area (Å²) < 4.78 is 0. The molecule has 0 saturated carbocycles. The molecule has 2 aromatic rings. The van der Waals surface area contributed by atoms with Crippen molar-refractivity contribution >= 4 is 11.0 Å². The Balaban J connectivity index is 1.35. The van der Waals surface area contributed by atoms with Crippen LogP contribution in [0.15, 0.2) is 24.3 Å². The molecule has 2 fully saturated rings. The van der Waals surface area contributed by atoms with Crippen LogP contribution in [0.2, 0.25) is 0 Å². The Morgan fingerprint density at radius 2 is 1.82 bits per heavy atom. The molecule has 0 amide bonds. The maximum atomic E-state index is 4.79. The van der Waals surface area contributed by atoms with E-state index < -0.39 is 0 Å². The number of aromatic nitrogens is 2. The second kappa shape index (κ2) is 6.39. The van der Waals surface area contributed by atoms with E-state index in [9.17, 15) is 0 Å². The molecule has 1 aromatic carbocycles. The molecule has 2 aliphatic heterocycles. The average molecular weight is 298 g/mol. The largest absolute Gasteiger partial charge is 0.342 e. The maximum Gasteiger partial charge on any atom is 0.110 e. The van der Waals surface area contributed by atoms with Gasteiger partial charge in [-0.2, -0.15) is 0 Å². The lowest BCUT2D eigenvalue weighted by Crippen LogP contribution is -2.40. The van der Waals surface area contributed by atoms with Crippen LogP contribution in [0, 0.1) is 5.92 Å². The van der Waals surface area contributed by atoms with Gasteiger partial charge in [-0.15, -0.1) is 0 Å². The monoisotopic (exact) mass is 298 g/mol. The summed E-state index contributed by atoms with van der Waals surface area (Å²) in [5.74, 6) is 2.71. The zero-order valence-electron chi connectivity index (χ0n) is 13.2. The highest BCUT2D eigenvalue weighted by molar-refractivity contribution is 5.74. The lowest BCUT2D eigenvalue weighted by atomic mass is 9.93. The van der Waals surface area contributed by atoms with Crippen LogP contribution in [0.1, 0.15) is 37.4 Å². The van der Waals surface area contributed by atoms with Crippen molar-refractivity contribution < 1.29 is 0 Å². The van der Waals surface area contributed by atoms with E-state index in [0.29, 0.717) is 5.92 Å². The highest BCUT2D eigenvalue weighted by Gasteiger charge is 2.25. The molecule has 0 unspecified atom stereocenters. The van der Waals surface area contributed by atoms with Crippen molar-refractivity contribution in [2.75, 3.05) is 32.7 Å². The summed E-state index contributed by atoms with van der Waals surface area (Å²) in [5.41, 5.74) is 2.28. The molecule has 118 valence electrons. The Labute approximate surface area is 132 Å². The Kier molecular flexibility index (Phi) is 4.13. The van der Waals surface area contributed by atoms with Crippen LogP contribution in [-0.4, -0.2) is 47.6 Å². The number of imidazole rings is 1. The van der Waals surface area contributed by atoms with Crippen LogP contribution >= 0.6 is 0 Å². The van der Waals surface area contributed by atoms with Gasteiger partial charge >= 0.3 is 0 Å². The molecule has 0 spiro atoms. The molecule has 2 saturated heterocycles. The van der Waals surface area contributed by atoms with Crippen molar-refractivity contribution in [2.45, 2.75) is 31.6 Å². The first-order chi connectivity index (χ1) is 10.9. The normalized spacial score (nSPS) is 22.4. The average Bonchev–Trinajstić information content (AvgIpc) is 3.00. The zero-order chi connectivity index (χ0) is 14.8. The van der Waals surface area contributed by atoms with E-state index in [1.165, 1.54) is 69.7 Å². The lowest BCUT2D eigenvalue weighted by Gasteiger charge is -2.34. The van der Waals surface area contributed by atoms with Gasteiger partial charge in [0.05, 0.1) is 11.0 Å². The van der Waals surface area contributed by atoms with Crippen LogP contribution in [0.25, 0.3) is 11.0 Å². The third-order valence-corrected chi connectivity index (χ3v) is 5.36. The van der Waals surface area contributed by atoms with Crippen molar-refractivity contribution in [3.63, 3.8) is 0 Å². The Morgan fingerprint density at radius 3 is 2.59 bits per heavy atom. The van der Waals surface area contributed by atoms with Crippen molar-refractivity contribution in [3.8, 4) is 0 Å². The molecule has 3 heterocycles. The molecule has 2 N–H and O–H groups in total. The number of rotatable bonds is 3. The molecule has 0 radical (unpaired) electrons. The van der Waals surface area contributed by atoms with Crippen LogP contribution in [0.4, 0.5) is 0 Å². The summed E-state index contributed by atoms with van der Waals surface area (Å²) >= 11 is 0.